The monoisotopic (exact) mass is 682 g/mol. The van der Waals surface area contributed by atoms with Gasteiger partial charge in [0.05, 0.1) is 29.0 Å². The maximum Gasteiger partial charge on any atom is 0.295 e. The van der Waals surface area contributed by atoms with Crippen LogP contribution < -0.4 is 10.6 Å². The molecule has 0 bridgehead atoms. The van der Waals surface area contributed by atoms with Gasteiger partial charge in [-0.15, -0.1) is 18.9 Å². The fourth-order valence-corrected chi connectivity index (χ4v) is 6.56. The Bertz CT molecular complexity index is 2060. The van der Waals surface area contributed by atoms with Gasteiger partial charge < -0.3 is 10.6 Å². The highest BCUT2D eigenvalue weighted by Crippen LogP contribution is 2.36. The average molecular weight is 683 g/mol. The second-order valence-corrected chi connectivity index (χ2v) is 13.0. The van der Waals surface area contributed by atoms with E-state index in [9.17, 15) is 25.9 Å². The van der Waals surface area contributed by atoms with Crippen LogP contribution in [0.1, 0.15) is 0 Å². The number of nitrogens with zero attached hydrogens (tertiary/aromatic N) is 2. The van der Waals surface area contributed by atoms with Gasteiger partial charge in [-0.2, -0.15) is 16.8 Å². The summed E-state index contributed by atoms with van der Waals surface area (Å²) in [5.74, 6) is 0.660. The molecule has 0 aliphatic carbocycles. The van der Waals surface area contributed by atoms with Crippen LogP contribution in [0.25, 0.3) is 21.5 Å². The Morgan fingerprint density at radius 3 is 1.75 bits per heavy atom. The fourth-order valence-electron chi connectivity index (χ4n) is 4.12. The lowest BCUT2D eigenvalue weighted by Gasteiger charge is -2.11. The molecule has 0 amide bonds. The first-order chi connectivity index (χ1) is 20.9. The molecule has 5 aromatic rings. The van der Waals surface area contributed by atoms with Gasteiger partial charge in [-0.1, -0.05) is 22.2 Å². The first-order valence-electron chi connectivity index (χ1n) is 11.7. The maximum absolute atomic E-state index is 11.8. The number of rotatable bonds is 12. The number of hydrogen-bond acceptors (Lipinski definition) is 16. The SMILES string of the molecule is O=S(=O)(O)c1cc(S(=O)(=O)O)c2ccc(Nc3ccc(Nc4ccc5c(SOOO)cc(SOOO)cc5c4)nn3)cc2c1. The maximum atomic E-state index is 11.8. The normalized spacial score (nSPS) is 12.1. The molecule has 4 aromatic carbocycles. The summed E-state index contributed by atoms with van der Waals surface area (Å²) in [6.45, 7) is 0. The van der Waals surface area contributed by atoms with Gasteiger partial charge in [0.2, 0.25) is 0 Å². The predicted octanol–water partition coefficient (Wildman–Crippen LogP) is 5.62. The Morgan fingerprint density at radius 1 is 0.636 bits per heavy atom. The van der Waals surface area contributed by atoms with Crippen LogP contribution in [0.2, 0.25) is 0 Å². The third-order valence-electron chi connectivity index (χ3n) is 5.88. The van der Waals surface area contributed by atoms with E-state index in [0.29, 0.717) is 38.4 Å². The number of aromatic nitrogens is 2. The lowest BCUT2D eigenvalue weighted by Crippen LogP contribution is -2.04. The van der Waals surface area contributed by atoms with Crippen molar-refractivity contribution in [2.75, 3.05) is 10.6 Å². The van der Waals surface area contributed by atoms with E-state index in [1.807, 2.05) is 0 Å². The number of fused-ring (bicyclic) bond motifs is 2. The van der Waals surface area contributed by atoms with E-state index in [1.165, 1.54) is 18.2 Å². The molecule has 0 aliphatic rings. The molecule has 44 heavy (non-hydrogen) atoms. The Balaban J connectivity index is 1.37. The average Bonchev–Trinajstić information content (AvgIpc) is 2.98. The van der Waals surface area contributed by atoms with Gasteiger partial charge >= 0.3 is 0 Å². The molecule has 0 spiro atoms. The second-order valence-electron chi connectivity index (χ2n) is 8.67. The molecule has 0 fully saturated rings. The van der Waals surface area contributed by atoms with Crippen LogP contribution in [0.5, 0.6) is 0 Å². The molecule has 5 rings (SSSR count). The number of benzene rings is 4. The highest BCUT2D eigenvalue weighted by atomic mass is 32.2. The third kappa shape index (κ3) is 7.52. The fraction of sp³-hybridized carbons (Fsp3) is 0. The summed E-state index contributed by atoms with van der Waals surface area (Å²) in [6.07, 6.45) is 0. The molecule has 0 saturated heterocycles. The summed E-state index contributed by atoms with van der Waals surface area (Å²) >= 11 is 1.47. The van der Waals surface area contributed by atoms with E-state index < -0.39 is 30.0 Å². The molecule has 0 atom stereocenters. The minimum Gasteiger partial charge on any atom is -0.339 e. The van der Waals surface area contributed by atoms with Crippen molar-refractivity contribution in [3.63, 3.8) is 0 Å². The van der Waals surface area contributed by atoms with Crippen LogP contribution >= 0.6 is 24.1 Å². The molecule has 1 aromatic heterocycles. The van der Waals surface area contributed by atoms with Gasteiger partial charge in [0.25, 0.3) is 20.2 Å². The van der Waals surface area contributed by atoms with Crippen molar-refractivity contribution in [3.05, 3.63) is 72.8 Å². The van der Waals surface area contributed by atoms with Crippen LogP contribution in [0.4, 0.5) is 23.0 Å². The quantitative estimate of drug-likeness (QED) is 0.0405. The number of anilines is 4. The largest absolute Gasteiger partial charge is 0.339 e. The molecule has 0 unspecified atom stereocenters. The molecular weight excluding hydrogens is 665 g/mol. The van der Waals surface area contributed by atoms with E-state index >= 15 is 0 Å². The molecule has 1 heterocycles. The molecule has 0 saturated carbocycles. The lowest BCUT2D eigenvalue weighted by molar-refractivity contribution is -0.432. The summed E-state index contributed by atoms with van der Waals surface area (Å²) in [5.41, 5.74) is 1.01. The second kappa shape index (κ2) is 13.2. The number of hydrogen-bond donors (Lipinski definition) is 6. The molecule has 0 aliphatic heterocycles. The smallest absolute Gasteiger partial charge is 0.295 e. The van der Waals surface area contributed by atoms with Gasteiger partial charge in [-0.25, -0.2) is 10.5 Å². The van der Waals surface area contributed by atoms with Crippen LogP contribution in [-0.2, 0) is 39.0 Å². The Hall–Kier alpha value is -3.64. The van der Waals surface area contributed by atoms with E-state index in [2.05, 4.69) is 39.6 Å². The molecule has 16 nitrogen and oxygen atoms in total. The zero-order chi connectivity index (χ0) is 31.5. The van der Waals surface area contributed by atoms with Crippen LogP contribution in [0.3, 0.4) is 0 Å². The van der Waals surface area contributed by atoms with Crippen LogP contribution in [0.15, 0.2) is 92.4 Å². The molecule has 230 valence electrons. The summed E-state index contributed by atoms with van der Waals surface area (Å²) in [7, 11) is -9.58. The van der Waals surface area contributed by atoms with Crippen molar-refractivity contribution < 1.29 is 55.2 Å². The highest BCUT2D eigenvalue weighted by molar-refractivity contribution is 7.95. The number of nitrogens with one attached hydrogen (secondary N) is 2. The third-order valence-corrected chi connectivity index (χ3v) is 8.80. The molecule has 0 radical (unpaired) electrons. The van der Waals surface area contributed by atoms with E-state index in [0.717, 1.165) is 35.5 Å². The van der Waals surface area contributed by atoms with Crippen molar-refractivity contribution in [2.24, 2.45) is 0 Å². The topological polar surface area (TPSA) is 236 Å². The molecular formula is C24H18N4O12S4. The summed E-state index contributed by atoms with van der Waals surface area (Å²) in [5, 5.41) is 40.2. The van der Waals surface area contributed by atoms with Gasteiger partial charge in [0, 0.05) is 26.6 Å². The van der Waals surface area contributed by atoms with Gasteiger partial charge in [0.15, 0.2) is 11.6 Å². The summed E-state index contributed by atoms with van der Waals surface area (Å²) in [4.78, 5) is -0.300. The highest BCUT2D eigenvalue weighted by Gasteiger charge is 2.20. The zero-order valence-corrected chi connectivity index (χ0v) is 24.8. The van der Waals surface area contributed by atoms with E-state index in [4.69, 9.17) is 10.5 Å². The van der Waals surface area contributed by atoms with Crippen molar-refractivity contribution in [1.82, 2.24) is 10.2 Å². The first kappa shape index (κ1) is 31.8. The van der Waals surface area contributed by atoms with Crippen molar-refractivity contribution >= 4 is 88.9 Å². The standard InChI is InChI=1S/C24H18N4O12S4/c29-37-39-41-17-9-13-7-15(1-3-19(13)21(11-17)42-40-38-30)25-23-5-6-24(28-27-23)26-16-2-4-20-14(8-16)10-18(43(31,32)33)12-22(20)44(34,35)36/h1-12,29-30H,(H,25,27)(H,26,28)(H,31,32,33)(H,34,35,36). The van der Waals surface area contributed by atoms with E-state index in [1.54, 1.807) is 42.5 Å². The minimum atomic E-state index is -4.81. The van der Waals surface area contributed by atoms with Gasteiger partial charge in [-0.05, 0) is 76.8 Å². The lowest BCUT2D eigenvalue weighted by atomic mass is 10.1. The van der Waals surface area contributed by atoms with Crippen molar-refractivity contribution in [1.29, 1.82) is 0 Å². The first-order valence-corrected chi connectivity index (χ1v) is 16.1. The van der Waals surface area contributed by atoms with Crippen molar-refractivity contribution in [3.8, 4) is 0 Å². The Labute approximate surface area is 256 Å². The van der Waals surface area contributed by atoms with E-state index in [-0.39, 0.29) is 16.6 Å². The Morgan fingerprint density at radius 2 is 1.20 bits per heavy atom. The summed E-state index contributed by atoms with van der Waals surface area (Å²) in [6, 6.07) is 17.9. The van der Waals surface area contributed by atoms with Crippen LogP contribution in [-0.4, -0.2) is 46.7 Å². The minimum absolute atomic E-state index is 0.0337. The Kier molecular flexibility index (Phi) is 9.50. The predicted molar refractivity (Wildman–Crippen MR) is 157 cm³/mol. The van der Waals surface area contributed by atoms with Crippen molar-refractivity contribution in [2.45, 2.75) is 19.6 Å². The summed E-state index contributed by atoms with van der Waals surface area (Å²) < 4.78 is 75.1. The van der Waals surface area contributed by atoms with Gasteiger partial charge in [-0.3, -0.25) is 9.11 Å². The van der Waals surface area contributed by atoms with Gasteiger partial charge in [0.1, 0.15) is 4.90 Å². The zero-order valence-electron chi connectivity index (χ0n) is 21.5. The van der Waals surface area contributed by atoms with Crippen LogP contribution in [0, 0.1) is 0 Å². The molecule has 6 N–H and O–H groups in total. The molecule has 20 heteroatoms.